The lowest BCUT2D eigenvalue weighted by Gasteiger charge is -2.17. The van der Waals surface area contributed by atoms with E-state index >= 15 is 0 Å². The second-order valence-electron chi connectivity index (χ2n) is 6.35. The lowest BCUT2D eigenvalue weighted by molar-refractivity contribution is -0.116. The number of nitrogens with zero attached hydrogens (tertiary/aromatic N) is 2. The van der Waals surface area contributed by atoms with Gasteiger partial charge in [0.2, 0.25) is 5.91 Å². The molecule has 1 fully saturated rings. The molecule has 4 rings (SSSR count). The van der Waals surface area contributed by atoms with Crippen molar-refractivity contribution in [3.8, 4) is 0 Å². The van der Waals surface area contributed by atoms with E-state index in [0.717, 1.165) is 36.5 Å². The van der Waals surface area contributed by atoms with Crippen molar-refractivity contribution >= 4 is 23.2 Å². The van der Waals surface area contributed by atoms with E-state index in [2.05, 4.69) is 25.9 Å². The van der Waals surface area contributed by atoms with Crippen LogP contribution in [0, 0.1) is 0 Å². The molecule has 0 saturated carbocycles. The second-order valence-corrected chi connectivity index (χ2v) is 6.35. The lowest BCUT2D eigenvalue weighted by Crippen LogP contribution is -2.20. The van der Waals surface area contributed by atoms with E-state index in [9.17, 15) is 9.59 Å². The van der Waals surface area contributed by atoms with Crippen molar-refractivity contribution in [3.05, 3.63) is 47.5 Å². The van der Waals surface area contributed by atoms with Gasteiger partial charge in [0.05, 0.1) is 11.6 Å². The van der Waals surface area contributed by atoms with E-state index in [1.165, 1.54) is 0 Å². The number of anilines is 2. The molecule has 3 N–H and O–H groups in total. The highest BCUT2D eigenvalue weighted by Crippen LogP contribution is 2.26. The predicted molar refractivity (Wildman–Crippen MR) is 93.4 cm³/mol. The number of amides is 2. The van der Waals surface area contributed by atoms with Crippen molar-refractivity contribution in [1.82, 2.24) is 15.3 Å². The zero-order chi connectivity index (χ0) is 17.2. The second kappa shape index (κ2) is 6.60. The Morgan fingerprint density at radius 1 is 1.20 bits per heavy atom. The quantitative estimate of drug-likeness (QED) is 0.796. The molecule has 25 heavy (non-hydrogen) atoms. The Balaban J connectivity index is 1.45. The summed E-state index contributed by atoms with van der Waals surface area (Å²) >= 11 is 0. The maximum atomic E-state index is 12.4. The molecule has 0 aliphatic carbocycles. The molecule has 1 unspecified atom stereocenters. The number of aromatic nitrogens is 2. The minimum atomic E-state index is -0.245. The fourth-order valence-electron chi connectivity index (χ4n) is 3.20. The minimum absolute atomic E-state index is 0.0262. The standard InChI is InChI=1S/C18H19N5O2/c24-16-6-3-11-8-13(4-5-14(11)23-16)22-18(25)12-9-20-17(21-10-12)15-2-1-7-19-15/h4-5,8-10,15,19H,1-3,6-7H2,(H,22,25)(H,23,24). The van der Waals surface area contributed by atoms with Gasteiger partial charge in [-0.3, -0.25) is 9.59 Å². The van der Waals surface area contributed by atoms with Gasteiger partial charge in [-0.25, -0.2) is 9.97 Å². The van der Waals surface area contributed by atoms with Crippen LogP contribution >= 0.6 is 0 Å². The molecule has 0 radical (unpaired) electrons. The maximum absolute atomic E-state index is 12.4. The largest absolute Gasteiger partial charge is 0.326 e. The molecule has 3 heterocycles. The average molecular weight is 337 g/mol. The molecule has 1 aromatic carbocycles. The van der Waals surface area contributed by atoms with Crippen LogP contribution in [0.3, 0.4) is 0 Å². The molecule has 2 amide bonds. The highest BCUT2D eigenvalue weighted by Gasteiger charge is 2.19. The molecular weight excluding hydrogens is 318 g/mol. The first kappa shape index (κ1) is 15.7. The third kappa shape index (κ3) is 3.36. The third-order valence-corrected chi connectivity index (χ3v) is 4.56. The Labute approximate surface area is 145 Å². The van der Waals surface area contributed by atoms with Gasteiger partial charge < -0.3 is 16.0 Å². The molecule has 7 nitrogen and oxygen atoms in total. The van der Waals surface area contributed by atoms with Gasteiger partial charge in [0.1, 0.15) is 5.82 Å². The molecule has 1 atom stereocenters. The van der Waals surface area contributed by atoms with E-state index in [0.29, 0.717) is 24.1 Å². The van der Waals surface area contributed by atoms with Crippen LogP contribution in [-0.4, -0.2) is 28.3 Å². The summed E-state index contributed by atoms with van der Waals surface area (Å²) in [6, 6.07) is 5.67. The van der Waals surface area contributed by atoms with Crippen molar-refractivity contribution in [2.75, 3.05) is 17.2 Å². The fraction of sp³-hybridized carbons (Fsp3) is 0.333. The number of hydrogen-bond acceptors (Lipinski definition) is 5. The van der Waals surface area contributed by atoms with Crippen molar-refractivity contribution in [2.24, 2.45) is 0 Å². The SMILES string of the molecule is O=C1CCc2cc(NC(=O)c3cnc(C4CCCN4)nc3)ccc2N1. The van der Waals surface area contributed by atoms with Crippen LogP contribution in [0.25, 0.3) is 0 Å². The van der Waals surface area contributed by atoms with Crippen LogP contribution in [0.1, 0.15) is 47.1 Å². The average Bonchev–Trinajstić information content (AvgIpc) is 3.17. The summed E-state index contributed by atoms with van der Waals surface area (Å²) in [6.45, 7) is 0.981. The number of carbonyl (C=O) groups is 2. The predicted octanol–water partition coefficient (Wildman–Crippen LogP) is 2.04. The molecule has 0 spiro atoms. The molecular formula is C18H19N5O2. The van der Waals surface area contributed by atoms with Crippen LogP contribution in [0.15, 0.2) is 30.6 Å². The molecule has 0 bridgehead atoms. The molecule has 2 aromatic rings. The number of hydrogen-bond donors (Lipinski definition) is 3. The molecule has 2 aliphatic heterocycles. The lowest BCUT2D eigenvalue weighted by atomic mass is 10.0. The van der Waals surface area contributed by atoms with E-state index in [1.54, 1.807) is 18.5 Å². The molecule has 2 aliphatic rings. The number of rotatable bonds is 3. The van der Waals surface area contributed by atoms with Gasteiger partial charge in [0, 0.05) is 30.2 Å². The van der Waals surface area contributed by atoms with Crippen LogP contribution in [0.5, 0.6) is 0 Å². The molecule has 7 heteroatoms. The number of fused-ring (bicyclic) bond motifs is 1. The summed E-state index contributed by atoms with van der Waals surface area (Å²) in [5.74, 6) is 0.516. The number of aryl methyl sites for hydroxylation is 1. The molecule has 128 valence electrons. The summed E-state index contributed by atoms with van der Waals surface area (Å²) in [5.41, 5.74) is 2.96. The minimum Gasteiger partial charge on any atom is -0.326 e. The van der Waals surface area contributed by atoms with Gasteiger partial charge in [-0.05, 0) is 49.6 Å². The van der Waals surface area contributed by atoms with Crippen molar-refractivity contribution in [3.63, 3.8) is 0 Å². The summed E-state index contributed by atoms with van der Waals surface area (Å²) in [5, 5.41) is 9.03. The van der Waals surface area contributed by atoms with Gasteiger partial charge in [-0.2, -0.15) is 0 Å². The first-order valence-corrected chi connectivity index (χ1v) is 8.48. The summed E-state index contributed by atoms with van der Waals surface area (Å²) in [4.78, 5) is 32.4. The molecule has 1 saturated heterocycles. The van der Waals surface area contributed by atoms with Gasteiger partial charge in [0.15, 0.2) is 0 Å². The van der Waals surface area contributed by atoms with Crippen LogP contribution < -0.4 is 16.0 Å². The van der Waals surface area contributed by atoms with E-state index < -0.39 is 0 Å². The summed E-state index contributed by atoms with van der Waals surface area (Å²) < 4.78 is 0. The van der Waals surface area contributed by atoms with E-state index in [-0.39, 0.29) is 17.9 Å². The van der Waals surface area contributed by atoms with Gasteiger partial charge in [-0.1, -0.05) is 0 Å². The Bertz CT molecular complexity index is 813. The first-order chi connectivity index (χ1) is 12.2. The van der Waals surface area contributed by atoms with Crippen molar-refractivity contribution in [2.45, 2.75) is 31.7 Å². The third-order valence-electron chi connectivity index (χ3n) is 4.56. The van der Waals surface area contributed by atoms with Gasteiger partial charge in [0.25, 0.3) is 5.91 Å². The Morgan fingerprint density at radius 3 is 2.80 bits per heavy atom. The fourth-order valence-corrected chi connectivity index (χ4v) is 3.20. The Kier molecular flexibility index (Phi) is 4.15. The molecule has 1 aromatic heterocycles. The highest BCUT2D eigenvalue weighted by atomic mass is 16.2. The van der Waals surface area contributed by atoms with Crippen LogP contribution in [0.2, 0.25) is 0 Å². The first-order valence-electron chi connectivity index (χ1n) is 8.48. The van der Waals surface area contributed by atoms with Crippen LogP contribution in [-0.2, 0) is 11.2 Å². The zero-order valence-electron chi connectivity index (χ0n) is 13.7. The van der Waals surface area contributed by atoms with Crippen LogP contribution in [0.4, 0.5) is 11.4 Å². The summed E-state index contributed by atoms with van der Waals surface area (Å²) in [7, 11) is 0. The van der Waals surface area contributed by atoms with Gasteiger partial charge >= 0.3 is 0 Å². The number of carbonyl (C=O) groups excluding carboxylic acids is 2. The number of nitrogens with one attached hydrogen (secondary N) is 3. The van der Waals surface area contributed by atoms with E-state index in [4.69, 9.17) is 0 Å². The Morgan fingerprint density at radius 2 is 2.04 bits per heavy atom. The van der Waals surface area contributed by atoms with E-state index in [1.807, 2.05) is 12.1 Å². The van der Waals surface area contributed by atoms with Crippen molar-refractivity contribution < 1.29 is 9.59 Å². The highest BCUT2D eigenvalue weighted by molar-refractivity contribution is 6.04. The summed E-state index contributed by atoms with van der Waals surface area (Å²) in [6.07, 6.45) is 6.42. The smallest absolute Gasteiger partial charge is 0.258 e. The monoisotopic (exact) mass is 337 g/mol. The topological polar surface area (TPSA) is 96.0 Å². The van der Waals surface area contributed by atoms with Gasteiger partial charge in [-0.15, -0.1) is 0 Å². The zero-order valence-corrected chi connectivity index (χ0v) is 13.7. The van der Waals surface area contributed by atoms with Crippen molar-refractivity contribution in [1.29, 1.82) is 0 Å². The Hall–Kier alpha value is -2.80. The maximum Gasteiger partial charge on any atom is 0.258 e. The normalized spacial score (nSPS) is 19.2. The number of benzene rings is 1.